The number of carbonyl (C=O) groups is 2. The maximum atomic E-state index is 14.3. The summed E-state index contributed by atoms with van der Waals surface area (Å²) < 4.78 is 29.1. The third kappa shape index (κ3) is 8.04. The van der Waals surface area contributed by atoms with Crippen molar-refractivity contribution < 1.29 is 18.0 Å². The molecule has 1 N–H and O–H groups in total. The fraction of sp³-hybridized carbons (Fsp3) is 0.375. The second-order valence-electron chi connectivity index (χ2n) is 10.7. The highest BCUT2D eigenvalue weighted by molar-refractivity contribution is 7.92. The zero-order valence-corrected chi connectivity index (χ0v) is 27.3. The molecule has 1 aliphatic rings. The van der Waals surface area contributed by atoms with E-state index in [1.807, 2.05) is 6.92 Å². The maximum absolute atomic E-state index is 14.3. The van der Waals surface area contributed by atoms with Gasteiger partial charge in [0.25, 0.3) is 10.0 Å². The van der Waals surface area contributed by atoms with Gasteiger partial charge in [-0.25, -0.2) is 8.42 Å². The largest absolute Gasteiger partial charge is 0.352 e. The van der Waals surface area contributed by atoms with Crippen LogP contribution in [0.5, 0.6) is 0 Å². The van der Waals surface area contributed by atoms with E-state index in [9.17, 15) is 18.0 Å². The summed E-state index contributed by atoms with van der Waals surface area (Å²) in [6.45, 7) is 2.91. The van der Waals surface area contributed by atoms with Gasteiger partial charge in [0.2, 0.25) is 11.8 Å². The molecule has 0 aromatic heterocycles. The van der Waals surface area contributed by atoms with Gasteiger partial charge in [0.15, 0.2) is 0 Å². The van der Waals surface area contributed by atoms with Crippen LogP contribution in [0.1, 0.15) is 56.6 Å². The summed E-state index contributed by atoms with van der Waals surface area (Å²) in [5.74, 6) is -0.872. The normalized spacial score (nSPS) is 14.6. The third-order valence-electron chi connectivity index (χ3n) is 7.78. The van der Waals surface area contributed by atoms with Crippen molar-refractivity contribution in [1.82, 2.24) is 10.2 Å². The highest BCUT2D eigenvalue weighted by Crippen LogP contribution is 2.31. The standard InChI is InChI=1S/C32H36Cl3N3O4S/c1-3-29(32(40)36-24-11-6-4-7-12-24)37(20-26-27(34)15-10-16-28(26)35)31(39)21-38(30-19-23(33)18-17-22(30)2)43(41,42)25-13-8-5-9-14-25/h5,8-10,13-19,24,29H,3-4,6-7,11-12,20-21H2,1-2H3,(H,36,40). The van der Waals surface area contributed by atoms with Crippen LogP contribution in [0.25, 0.3) is 0 Å². The topological polar surface area (TPSA) is 86.8 Å². The summed E-state index contributed by atoms with van der Waals surface area (Å²) in [5.41, 5.74) is 1.35. The Balaban J connectivity index is 1.76. The first kappa shape index (κ1) is 33.1. The van der Waals surface area contributed by atoms with E-state index in [0.717, 1.165) is 36.4 Å². The minimum atomic E-state index is -4.21. The predicted molar refractivity (Wildman–Crippen MR) is 173 cm³/mol. The lowest BCUT2D eigenvalue weighted by molar-refractivity contribution is -0.140. The van der Waals surface area contributed by atoms with Crippen molar-refractivity contribution in [3.63, 3.8) is 0 Å². The molecule has 230 valence electrons. The van der Waals surface area contributed by atoms with E-state index in [2.05, 4.69) is 5.32 Å². The van der Waals surface area contributed by atoms with E-state index in [0.29, 0.717) is 32.6 Å². The number of nitrogens with one attached hydrogen (secondary N) is 1. The monoisotopic (exact) mass is 663 g/mol. The van der Waals surface area contributed by atoms with Crippen molar-refractivity contribution in [3.8, 4) is 0 Å². The minimum absolute atomic E-state index is 0.0185. The van der Waals surface area contributed by atoms with E-state index >= 15 is 0 Å². The number of nitrogens with zero attached hydrogens (tertiary/aromatic N) is 2. The van der Waals surface area contributed by atoms with Crippen LogP contribution in [0.15, 0.2) is 71.6 Å². The molecular formula is C32H36Cl3N3O4S. The fourth-order valence-corrected chi connectivity index (χ4v) is 7.58. The third-order valence-corrected chi connectivity index (χ3v) is 10.5. The molecule has 3 aromatic rings. The Morgan fingerprint density at radius 1 is 0.930 bits per heavy atom. The lowest BCUT2D eigenvalue weighted by Gasteiger charge is -2.35. The molecule has 0 saturated heterocycles. The van der Waals surface area contributed by atoms with Gasteiger partial charge >= 0.3 is 0 Å². The lowest BCUT2D eigenvalue weighted by Crippen LogP contribution is -2.54. The Kier molecular flexibility index (Phi) is 11.4. The zero-order chi connectivity index (χ0) is 31.1. The molecule has 3 aromatic carbocycles. The van der Waals surface area contributed by atoms with Crippen LogP contribution in [-0.2, 0) is 26.2 Å². The van der Waals surface area contributed by atoms with Gasteiger partial charge in [-0.2, -0.15) is 0 Å². The SMILES string of the molecule is CCC(C(=O)NC1CCCCC1)N(Cc1c(Cl)cccc1Cl)C(=O)CN(c1cc(Cl)ccc1C)S(=O)(=O)c1ccccc1. The quantitative estimate of drug-likeness (QED) is 0.231. The summed E-state index contributed by atoms with van der Waals surface area (Å²) in [7, 11) is -4.21. The number of aryl methyl sites for hydroxylation is 1. The Morgan fingerprint density at radius 3 is 2.21 bits per heavy atom. The molecule has 43 heavy (non-hydrogen) atoms. The van der Waals surface area contributed by atoms with Gasteiger partial charge in [-0.3, -0.25) is 13.9 Å². The highest BCUT2D eigenvalue weighted by atomic mass is 35.5. The number of amides is 2. The average molecular weight is 665 g/mol. The first-order chi connectivity index (χ1) is 20.5. The smallest absolute Gasteiger partial charge is 0.264 e. The number of halogens is 3. The molecule has 0 spiro atoms. The molecule has 1 aliphatic carbocycles. The van der Waals surface area contributed by atoms with Gasteiger partial charge in [-0.05, 0) is 68.1 Å². The van der Waals surface area contributed by atoms with Crippen LogP contribution in [0.3, 0.4) is 0 Å². The van der Waals surface area contributed by atoms with E-state index in [1.54, 1.807) is 55.5 Å². The number of sulfonamides is 1. The number of rotatable bonds is 11. The van der Waals surface area contributed by atoms with E-state index in [-0.39, 0.29) is 29.1 Å². The lowest BCUT2D eigenvalue weighted by atomic mass is 9.95. The van der Waals surface area contributed by atoms with Crippen LogP contribution in [0, 0.1) is 6.92 Å². The summed E-state index contributed by atoms with van der Waals surface area (Å²) in [6, 6.07) is 16.9. The van der Waals surface area contributed by atoms with Crippen LogP contribution in [0.2, 0.25) is 15.1 Å². The summed E-state index contributed by atoms with van der Waals surface area (Å²) in [5, 5.41) is 4.13. The van der Waals surface area contributed by atoms with Gasteiger partial charge in [0, 0.05) is 33.2 Å². The molecular weight excluding hydrogens is 629 g/mol. The molecule has 11 heteroatoms. The molecule has 2 amide bonds. The van der Waals surface area contributed by atoms with Crippen molar-refractivity contribution in [1.29, 1.82) is 0 Å². The van der Waals surface area contributed by atoms with E-state index in [4.69, 9.17) is 34.8 Å². The van der Waals surface area contributed by atoms with Crippen LogP contribution >= 0.6 is 34.8 Å². The van der Waals surface area contributed by atoms with Gasteiger partial charge in [-0.1, -0.05) is 91.3 Å². The molecule has 0 heterocycles. The molecule has 0 radical (unpaired) electrons. The molecule has 1 saturated carbocycles. The van der Waals surface area contributed by atoms with Gasteiger partial charge in [0.1, 0.15) is 12.6 Å². The molecule has 1 unspecified atom stereocenters. The molecule has 1 fully saturated rings. The van der Waals surface area contributed by atoms with Crippen LogP contribution < -0.4 is 9.62 Å². The molecule has 4 rings (SSSR count). The Hall–Kier alpha value is -2.78. The highest BCUT2D eigenvalue weighted by Gasteiger charge is 2.35. The predicted octanol–water partition coefficient (Wildman–Crippen LogP) is 7.41. The molecule has 1 atom stereocenters. The summed E-state index contributed by atoms with van der Waals surface area (Å²) >= 11 is 19.3. The van der Waals surface area contributed by atoms with Crippen molar-refractivity contribution in [2.75, 3.05) is 10.8 Å². The minimum Gasteiger partial charge on any atom is -0.352 e. The van der Waals surface area contributed by atoms with E-state index in [1.165, 1.54) is 23.1 Å². The first-order valence-electron chi connectivity index (χ1n) is 14.4. The molecule has 0 aliphatic heterocycles. The first-order valence-corrected chi connectivity index (χ1v) is 17.0. The van der Waals surface area contributed by atoms with Crippen molar-refractivity contribution in [3.05, 3.63) is 92.9 Å². The number of benzene rings is 3. The van der Waals surface area contributed by atoms with Gasteiger partial charge in [0.05, 0.1) is 10.6 Å². The number of hydrogen-bond donors (Lipinski definition) is 1. The van der Waals surface area contributed by atoms with Crippen molar-refractivity contribution in [2.45, 2.75) is 75.9 Å². The van der Waals surface area contributed by atoms with E-state index < -0.39 is 28.5 Å². The molecule has 0 bridgehead atoms. The van der Waals surface area contributed by atoms with Gasteiger partial charge in [-0.15, -0.1) is 0 Å². The van der Waals surface area contributed by atoms with Gasteiger partial charge < -0.3 is 10.2 Å². The maximum Gasteiger partial charge on any atom is 0.264 e. The summed E-state index contributed by atoms with van der Waals surface area (Å²) in [6.07, 6.45) is 5.25. The van der Waals surface area contributed by atoms with Crippen LogP contribution in [-0.4, -0.2) is 43.8 Å². The second kappa shape index (κ2) is 14.8. The Labute approximate surface area is 269 Å². The number of hydrogen-bond acceptors (Lipinski definition) is 4. The van der Waals surface area contributed by atoms with Crippen molar-refractivity contribution in [2.24, 2.45) is 0 Å². The fourth-order valence-electron chi connectivity index (χ4n) is 5.40. The summed E-state index contributed by atoms with van der Waals surface area (Å²) in [4.78, 5) is 29.5. The van der Waals surface area contributed by atoms with Crippen molar-refractivity contribution >= 4 is 62.3 Å². The number of anilines is 1. The Bertz CT molecular complexity index is 1530. The van der Waals surface area contributed by atoms with Crippen LogP contribution in [0.4, 0.5) is 5.69 Å². The second-order valence-corrected chi connectivity index (χ2v) is 13.9. The molecule has 7 nitrogen and oxygen atoms in total. The number of carbonyl (C=O) groups excluding carboxylic acids is 2. The zero-order valence-electron chi connectivity index (χ0n) is 24.2. The Morgan fingerprint density at radius 2 is 1.58 bits per heavy atom. The average Bonchev–Trinajstić information content (AvgIpc) is 2.99.